The molecule has 1 rings (SSSR count). The molecule has 0 aliphatic rings. The fourth-order valence-electron chi connectivity index (χ4n) is 0.760. The lowest BCUT2D eigenvalue weighted by molar-refractivity contribution is -0.208. The minimum absolute atomic E-state index is 0.259. The number of hydrogen-bond acceptors (Lipinski definition) is 3. The van der Waals surface area contributed by atoms with E-state index in [-0.39, 0.29) is 5.69 Å². The predicted octanol–water partition coefficient (Wildman–Crippen LogP) is 0.389. The molecule has 3 N–H and O–H groups in total. The average molecular weight is 195 g/mol. The Labute approximate surface area is 71.8 Å². The van der Waals surface area contributed by atoms with E-state index >= 15 is 0 Å². The van der Waals surface area contributed by atoms with Gasteiger partial charge in [-0.1, -0.05) is 0 Å². The van der Waals surface area contributed by atoms with Gasteiger partial charge in [0.25, 0.3) is 0 Å². The molecule has 0 aromatic carbocycles. The van der Waals surface area contributed by atoms with Crippen molar-refractivity contribution in [3.8, 4) is 0 Å². The van der Waals surface area contributed by atoms with Gasteiger partial charge in [-0.15, -0.1) is 0 Å². The molecule has 1 aromatic heterocycles. The third-order valence-corrected chi connectivity index (χ3v) is 1.39. The van der Waals surface area contributed by atoms with Gasteiger partial charge in [-0.25, -0.2) is 0 Å². The van der Waals surface area contributed by atoms with E-state index in [2.05, 4.69) is 5.10 Å². The van der Waals surface area contributed by atoms with Gasteiger partial charge in [-0.3, -0.25) is 4.68 Å². The number of aromatic nitrogens is 2. The molecule has 0 aliphatic heterocycles. The minimum Gasteiger partial charge on any atom is -0.396 e. The number of hydrogen-bond donors (Lipinski definition) is 2. The smallest absolute Gasteiger partial charge is 0.396 e. The Morgan fingerprint density at radius 2 is 2.23 bits per heavy atom. The first-order valence-corrected chi connectivity index (χ1v) is 3.42. The largest absolute Gasteiger partial charge is 0.416 e. The Kier molecular flexibility index (Phi) is 2.46. The third kappa shape index (κ3) is 2.62. The molecule has 1 unspecified atom stereocenters. The molecule has 1 atom stereocenters. The van der Waals surface area contributed by atoms with E-state index in [4.69, 9.17) is 10.8 Å². The van der Waals surface area contributed by atoms with E-state index < -0.39 is 18.8 Å². The molecule has 1 aromatic rings. The van der Waals surface area contributed by atoms with Crippen molar-refractivity contribution in [1.29, 1.82) is 0 Å². The maximum atomic E-state index is 11.8. The van der Waals surface area contributed by atoms with Crippen LogP contribution in [0.3, 0.4) is 0 Å². The number of halogens is 3. The first-order valence-electron chi connectivity index (χ1n) is 3.42. The Morgan fingerprint density at radius 3 is 2.62 bits per heavy atom. The summed E-state index contributed by atoms with van der Waals surface area (Å²) in [5.41, 5.74) is 5.48. The Hall–Kier alpha value is -1.24. The number of anilines is 1. The number of aliphatic hydroxyl groups is 1. The minimum atomic E-state index is -4.62. The van der Waals surface area contributed by atoms with E-state index in [9.17, 15) is 13.2 Å². The van der Waals surface area contributed by atoms with Crippen LogP contribution in [0.1, 0.15) is 0 Å². The number of nitrogens with zero attached hydrogens (tertiary/aromatic N) is 2. The van der Waals surface area contributed by atoms with E-state index in [0.29, 0.717) is 0 Å². The van der Waals surface area contributed by atoms with Gasteiger partial charge in [-0.2, -0.15) is 18.3 Å². The second-order valence-corrected chi connectivity index (χ2v) is 2.55. The summed E-state index contributed by atoms with van der Waals surface area (Å²) >= 11 is 0. The maximum Gasteiger partial charge on any atom is 0.416 e. The van der Waals surface area contributed by atoms with Crippen LogP contribution in [-0.2, 0) is 6.54 Å². The molecule has 1 heterocycles. The number of alkyl halides is 3. The molecule has 0 spiro atoms. The second kappa shape index (κ2) is 3.25. The van der Waals surface area contributed by atoms with Crippen LogP contribution in [0.2, 0.25) is 0 Å². The normalized spacial score (nSPS) is 14.5. The van der Waals surface area contributed by atoms with Crippen LogP contribution in [0.25, 0.3) is 0 Å². The zero-order chi connectivity index (χ0) is 10.1. The zero-order valence-corrected chi connectivity index (χ0v) is 6.49. The third-order valence-electron chi connectivity index (χ3n) is 1.39. The van der Waals surface area contributed by atoms with Gasteiger partial charge in [0.15, 0.2) is 6.10 Å². The van der Waals surface area contributed by atoms with Crippen molar-refractivity contribution in [3.63, 3.8) is 0 Å². The van der Waals surface area contributed by atoms with Gasteiger partial charge in [0.2, 0.25) is 0 Å². The van der Waals surface area contributed by atoms with Crippen LogP contribution < -0.4 is 5.73 Å². The standard InChI is InChI=1S/C6H8F3N3O/c7-6(8,9)5(13)3-12-2-4(10)1-11-12/h1-2,5,13H,3,10H2. The fraction of sp³-hybridized carbons (Fsp3) is 0.500. The molecular formula is C6H8F3N3O. The molecule has 0 bridgehead atoms. The number of nitrogens with two attached hydrogens (primary N) is 1. The summed E-state index contributed by atoms with van der Waals surface area (Å²) in [5.74, 6) is 0. The molecule has 4 nitrogen and oxygen atoms in total. The summed E-state index contributed by atoms with van der Waals surface area (Å²) in [6.45, 7) is -0.638. The molecule has 0 fully saturated rings. The van der Waals surface area contributed by atoms with Crippen molar-refractivity contribution < 1.29 is 18.3 Å². The summed E-state index contributed by atoms with van der Waals surface area (Å²) < 4.78 is 36.4. The summed E-state index contributed by atoms with van der Waals surface area (Å²) in [5, 5.41) is 12.1. The van der Waals surface area contributed by atoms with Crippen molar-refractivity contribution in [2.45, 2.75) is 18.8 Å². The second-order valence-electron chi connectivity index (χ2n) is 2.55. The van der Waals surface area contributed by atoms with Crippen molar-refractivity contribution in [2.24, 2.45) is 0 Å². The van der Waals surface area contributed by atoms with E-state index in [0.717, 1.165) is 4.68 Å². The van der Waals surface area contributed by atoms with Crippen LogP contribution in [-0.4, -0.2) is 27.2 Å². The highest BCUT2D eigenvalue weighted by Crippen LogP contribution is 2.21. The molecular weight excluding hydrogens is 187 g/mol. The highest BCUT2D eigenvalue weighted by Gasteiger charge is 2.38. The van der Waals surface area contributed by atoms with Crippen molar-refractivity contribution in [3.05, 3.63) is 12.4 Å². The van der Waals surface area contributed by atoms with Crippen molar-refractivity contribution in [1.82, 2.24) is 9.78 Å². The monoisotopic (exact) mass is 195 g/mol. The number of nitrogen functional groups attached to an aromatic ring is 1. The molecule has 74 valence electrons. The van der Waals surface area contributed by atoms with E-state index in [1.165, 1.54) is 12.4 Å². The van der Waals surface area contributed by atoms with Gasteiger partial charge in [0.1, 0.15) is 0 Å². The first-order chi connectivity index (χ1) is 5.89. The van der Waals surface area contributed by atoms with Crippen LogP contribution in [0.15, 0.2) is 12.4 Å². The Balaban J connectivity index is 2.60. The first kappa shape index (κ1) is 9.85. The molecule has 0 saturated carbocycles. The summed E-state index contributed by atoms with van der Waals surface area (Å²) in [6.07, 6.45) is -4.61. The number of rotatable bonds is 2. The lowest BCUT2D eigenvalue weighted by Crippen LogP contribution is -2.32. The van der Waals surface area contributed by atoms with Gasteiger partial charge in [-0.05, 0) is 0 Å². The zero-order valence-electron chi connectivity index (χ0n) is 6.49. The highest BCUT2D eigenvalue weighted by molar-refractivity contribution is 5.30. The summed E-state index contributed by atoms with van der Waals surface area (Å²) in [4.78, 5) is 0. The summed E-state index contributed by atoms with van der Waals surface area (Å²) in [7, 11) is 0. The van der Waals surface area contributed by atoms with Gasteiger partial charge in [0.05, 0.1) is 18.4 Å². The lowest BCUT2D eigenvalue weighted by Gasteiger charge is -2.13. The van der Waals surface area contributed by atoms with E-state index in [1.54, 1.807) is 0 Å². The topological polar surface area (TPSA) is 64.1 Å². The SMILES string of the molecule is Nc1cnn(CC(O)C(F)(F)F)c1. The van der Waals surface area contributed by atoms with E-state index in [1.807, 2.05) is 0 Å². The Morgan fingerprint density at radius 1 is 1.62 bits per heavy atom. The van der Waals surface area contributed by atoms with Gasteiger partial charge in [0, 0.05) is 6.20 Å². The van der Waals surface area contributed by atoms with Crippen LogP contribution in [0.4, 0.5) is 18.9 Å². The van der Waals surface area contributed by atoms with Gasteiger partial charge < -0.3 is 10.8 Å². The molecule has 7 heteroatoms. The summed E-state index contributed by atoms with van der Waals surface area (Å²) in [6, 6.07) is 0. The molecule has 13 heavy (non-hydrogen) atoms. The molecule has 0 amide bonds. The number of aliphatic hydroxyl groups excluding tert-OH is 1. The quantitative estimate of drug-likeness (QED) is 0.717. The van der Waals surface area contributed by atoms with Crippen molar-refractivity contribution >= 4 is 5.69 Å². The molecule has 0 aliphatic carbocycles. The fourth-order valence-corrected chi connectivity index (χ4v) is 0.760. The van der Waals surface area contributed by atoms with Crippen LogP contribution in [0.5, 0.6) is 0 Å². The predicted molar refractivity (Wildman–Crippen MR) is 38.7 cm³/mol. The van der Waals surface area contributed by atoms with Crippen molar-refractivity contribution in [2.75, 3.05) is 5.73 Å². The van der Waals surface area contributed by atoms with Crippen LogP contribution in [0, 0.1) is 0 Å². The average Bonchev–Trinajstić information content (AvgIpc) is 2.33. The highest BCUT2D eigenvalue weighted by atomic mass is 19.4. The maximum absolute atomic E-state index is 11.8. The molecule has 0 radical (unpaired) electrons. The lowest BCUT2D eigenvalue weighted by atomic mass is 10.3. The molecule has 0 saturated heterocycles. The Bertz CT molecular complexity index is 283. The van der Waals surface area contributed by atoms with Crippen LogP contribution >= 0.6 is 0 Å². The van der Waals surface area contributed by atoms with Gasteiger partial charge >= 0.3 is 6.18 Å².